The van der Waals surface area contributed by atoms with E-state index >= 15 is 0 Å². The molecule has 8 heavy (non-hydrogen) atoms. The fraction of sp³-hybridized carbons (Fsp3) is 0. The molecule has 0 aromatic heterocycles. The molecule has 0 amide bonds. The second kappa shape index (κ2) is 2.05. The van der Waals surface area contributed by atoms with Gasteiger partial charge in [0.1, 0.15) is 0 Å². The van der Waals surface area contributed by atoms with E-state index in [-0.39, 0.29) is 0 Å². The van der Waals surface area contributed by atoms with E-state index in [0.717, 1.165) is 0 Å². The molecule has 1 unspecified atom stereocenters. The number of hydrogen-bond donors (Lipinski definition) is 1. The van der Waals surface area contributed by atoms with Crippen LogP contribution in [0.4, 0.5) is 0 Å². The third-order valence-corrected chi connectivity index (χ3v) is 2.98. The van der Waals surface area contributed by atoms with Crippen LogP contribution < -0.4 is 4.72 Å². The van der Waals surface area contributed by atoms with Gasteiger partial charge >= 0.3 is 55.1 Å². The van der Waals surface area contributed by atoms with Crippen LogP contribution in [-0.4, -0.2) is 18.6 Å². The van der Waals surface area contributed by atoms with E-state index in [9.17, 15) is 4.21 Å². The van der Waals surface area contributed by atoms with E-state index < -0.39 is 8.04 Å². The van der Waals surface area contributed by atoms with Crippen LogP contribution in [0.25, 0.3) is 0 Å². The molecule has 1 aliphatic rings. The Morgan fingerprint density at radius 1 is 1.50 bits per heavy atom. The molecule has 0 saturated heterocycles. The first kappa shape index (κ1) is 6.08. The molecule has 4 heteroatoms. The van der Waals surface area contributed by atoms with Crippen LogP contribution in [0.15, 0.2) is 23.8 Å². The minimum absolute atomic E-state index is 1.60. The van der Waals surface area contributed by atoms with Crippen LogP contribution >= 0.6 is 0 Å². The van der Waals surface area contributed by atoms with Gasteiger partial charge in [0.25, 0.3) is 0 Å². The molecule has 1 heterocycles. The van der Waals surface area contributed by atoms with Crippen LogP contribution in [0.3, 0.4) is 0 Å². The molecule has 1 rings (SSSR count). The Hall–Kier alpha value is -0.0505. The Morgan fingerprint density at radius 3 is 2.50 bits per heavy atom. The molecule has 0 aromatic carbocycles. The number of hydrogen-bond acceptors (Lipinski definition) is 1. The van der Waals surface area contributed by atoms with Crippen molar-refractivity contribution in [3.63, 3.8) is 0 Å². The van der Waals surface area contributed by atoms with Gasteiger partial charge in [0, 0.05) is 0 Å². The summed E-state index contributed by atoms with van der Waals surface area (Å²) in [4.78, 5) is 0. The minimum atomic E-state index is -1.98. The summed E-state index contributed by atoms with van der Waals surface area (Å²) in [7, 11) is -1.98. The zero-order valence-corrected chi connectivity index (χ0v) is 6.56. The Balaban J connectivity index is 2.98. The average Bonchev–Trinajstić information content (AvgIpc) is 1.65. The number of allylic oxidation sites excluding steroid dienone is 2. The monoisotopic (exact) mass is 195 g/mol. The van der Waals surface area contributed by atoms with Crippen molar-refractivity contribution in [3.05, 3.63) is 23.8 Å². The van der Waals surface area contributed by atoms with Gasteiger partial charge in [0.2, 0.25) is 0 Å². The van der Waals surface area contributed by atoms with E-state index in [1.165, 1.54) is 0 Å². The van der Waals surface area contributed by atoms with Gasteiger partial charge in [-0.15, -0.1) is 0 Å². The van der Waals surface area contributed by atoms with Crippen molar-refractivity contribution in [2.24, 2.45) is 0 Å². The first-order valence-corrected chi connectivity index (χ1v) is 5.71. The predicted molar refractivity (Wildman–Crippen MR) is 35.3 cm³/mol. The Morgan fingerprint density at radius 2 is 2.25 bits per heavy atom. The normalized spacial score (nSPS) is 34.5. The second-order valence-corrected chi connectivity index (χ2v) is 6.07. The number of rotatable bonds is 0. The van der Waals surface area contributed by atoms with E-state index in [1.807, 2.05) is 0 Å². The third-order valence-electron chi connectivity index (χ3n) is 0.697. The molecule has 0 fully saturated rings. The zero-order chi connectivity index (χ0) is 6.04. The molecular formula is C4H5NOSSe. The molecule has 0 saturated carbocycles. The Labute approximate surface area is 55.5 Å². The summed E-state index contributed by atoms with van der Waals surface area (Å²) in [5, 5.41) is 1.60. The maximum absolute atomic E-state index is 10.9. The van der Waals surface area contributed by atoms with Crippen molar-refractivity contribution in [3.8, 4) is 0 Å². The zero-order valence-electron chi connectivity index (χ0n) is 4.03. The van der Waals surface area contributed by atoms with Gasteiger partial charge in [0.05, 0.1) is 0 Å². The van der Waals surface area contributed by atoms with Gasteiger partial charge in [-0.2, -0.15) is 0 Å². The molecule has 1 N–H and O–H groups in total. The molecule has 44 valence electrons. The van der Waals surface area contributed by atoms with E-state index in [2.05, 4.69) is 19.1 Å². The molecule has 2 nitrogen and oxygen atoms in total. The van der Waals surface area contributed by atoms with Crippen LogP contribution in [0.2, 0.25) is 0 Å². The molecular weight excluding hydrogens is 189 g/mol. The maximum atomic E-state index is 10.9. The van der Waals surface area contributed by atoms with Gasteiger partial charge in [0.15, 0.2) is 0 Å². The van der Waals surface area contributed by atoms with Crippen LogP contribution in [-0.2, 0) is 8.04 Å². The molecule has 0 radical (unpaired) electrons. The summed E-state index contributed by atoms with van der Waals surface area (Å²) in [5.41, 5.74) is 0. The third kappa shape index (κ3) is 1.47. The van der Waals surface area contributed by atoms with Crippen LogP contribution in [0.1, 0.15) is 0 Å². The average molecular weight is 194 g/mol. The summed E-state index contributed by atoms with van der Waals surface area (Å²) in [6.45, 7) is 0. The fourth-order valence-corrected chi connectivity index (χ4v) is 1.78. The predicted octanol–water partition coefficient (Wildman–Crippen LogP) is -0.100. The van der Waals surface area contributed by atoms with Crippen molar-refractivity contribution in [1.82, 2.24) is 4.72 Å². The SMILES string of the molecule is O=S1(=[Se])C=CC=CN1. The van der Waals surface area contributed by atoms with Crippen molar-refractivity contribution >= 4 is 22.4 Å². The van der Waals surface area contributed by atoms with Crippen molar-refractivity contribution in [1.29, 1.82) is 0 Å². The molecule has 1 atom stereocenters. The fourth-order valence-electron chi connectivity index (χ4n) is 0.378. The van der Waals surface area contributed by atoms with Gasteiger partial charge in [-0.25, -0.2) is 0 Å². The first-order valence-electron chi connectivity index (χ1n) is 2.06. The van der Waals surface area contributed by atoms with Gasteiger partial charge < -0.3 is 0 Å². The van der Waals surface area contributed by atoms with Crippen molar-refractivity contribution in [2.45, 2.75) is 0 Å². The summed E-state index contributed by atoms with van der Waals surface area (Å²) in [6.07, 6.45) is 5.19. The van der Waals surface area contributed by atoms with E-state index in [4.69, 9.17) is 0 Å². The summed E-state index contributed by atoms with van der Waals surface area (Å²) in [5.74, 6) is 0. The molecule has 1 aliphatic heterocycles. The molecule has 0 aliphatic carbocycles. The topological polar surface area (TPSA) is 29.1 Å². The molecule has 0 spiro atoms. The van der Waals surface area contributed by atoms with Crippen LogP contribution in [0, 0.1) is 0 Å². The van der Waals surface area contributed by atoms with Crippen molar-refractivity contribution in [2.75, 3.05) is 0 Å². The van der Waals surface area contributed by atoms with Gasteiger partial charge in [-0.05, 0) is 0 Å². The van der Waals surface area contributed by atoms with E-state index in [0.29, 0.717) is 0 Å². The summed E-state index contributed by atoms with van der Waals surface area (Å²) >= 11 is 2.53. The number of nitrogens with one attached hydrogen (secondary N) is 1. The molecule has 0 bridgehead atoms. The first-order chi connectivity index (χ1) is 3.71. The Bertz CT molecular complexity index is 226. The van der Waals surface area contributed by atoms with Crippen LogP contribution in [0.5, 0.6) is 0 Å². The van der Waals surface area contributed by atoms with Gasteiger partial charge in [-0.1, -0.05) is 0 Å². The summed E-state index contributed by atoms with van der Waals surface area (Å²) in [6, 6.07) is 0. The standard InChI is InChI=1S/C4H5NOSSe/c6-7(8)4-2-1-3-5-7/h1-5H. The van der Waals surface area contributed by atoms with E-state index in [1.54, 1.807) is 23.8 Å². The quantitative estimate of drug-likeness (QED) is 0.536. The second-order valence-electron chi connectivity index (χ2n) is 1.35. The van der Waals surface area contributed by atoms with Gasteiger partial charge in [-0.3, -0.25) is 0 Å². The summed E-state index contributed by atoms with van der Waals surface area (Å²) < 4.78 is 13.6. The van der Waals surface area contributed by atoms with Crippen molar-refractivity contribution < 1.29 is 4.21 Å². The molecule has 0 aromatic rings. The Kier molecular flexibility index (Phi) is 1.56.